The number of amides is 1. The summed E-state index contributed by atoms with van der Waals surface area (Å²) in [7, 11) is 0. The van der Waals surface area contributed by atoms with Crippen LogP contribution in [-0.4, -0.2) is 31.9 Å². The molecule has 7 nitrogen and oxygen atoms in total. The number of thioether (sulfide) groups is 1. The molecule has 8 heteroatoms. The largest absolute Gasteiger partial charge is 0.334 e. The van der Waals surface area contributed by atoms with Crippen molar-refractivity contribution in [1.29, 1.82) is 0 Å². The topological polar surface area (TPSA) is 85.8 Å². The molecule has 2 aromatic heterocycles. The first-order chi connectivity index (χ1) is 15.0. The molecular formula is C23H23N5O2S. The molecule has 0 spiro atoms. The SMILES string of the molecule is CSc1nccn1-c1cccc(C(=O)Nc2c(C)cccc2-c2nc(C(C)C)no2)c1. The van der Waals surface area contributed by atoms with Gasteiger partial charge in [0.2, 0.25) is 0 Å². The number of nitrogens with one attached hydrogen (secondary N) is 1. The van der Waals surface area contributed by atoms with Crippen molar-refractivity contribution in [3.05, 3.63) is 71.8 Å². The minimum atomic E-state index is -0.216. The Labute approximate surface area is 184 Å². The van der Waals surface area contributed by atoms with Gasteiger partial charge in [-0.15, -0.1) is 0 Å². The van der Waals surface area contributed by atoms with Crippen molar-refractivity contribution in [1.82, 2.24) is 19.7 Å². The van der Waals surface area contributed by atoms with Gasteiger partial charge in [0, 0.05) is 29.6 Å². The van der Waals surface area contributed by atoms with E-state index >= 15 is 0 Å². The summed E-state index contributed by atoms with van der Waals surface area (Å²) in [5.41, 5.74) is 3.68. The van der Waals surface area contributed by atoms with Crippen LogP contribution in [0.25, 0.3) is 17.1 Å². The highest BCUT2D eigenvalue weighted by Crippen LogP contribution is 2.31. The van der Waals surface area contributed by atoms with Crippen LogP contribution in [0.2, 0.25) is 0 Å². The molecule has 0 saturated heterocycles. The van der Waals surface area contributed by atoms with Crippen molar-refractivity contribution in [2.75, 3.05) is 11.6 Å². The van der Waals surface area contributed by atoms with Gasteiger partial charge in [-0.25, -0.2) is 4.98 Å². The van der Waals surface area contributed by atoms with Gasteiger partial charge < -0.3 is 9.84 Å². The Balaban J connectivity index is 1.66. The van der Waals surface area contributed by atoms with Crippen molar-refractivity contribution in [3.8, 4) is 17.1 Å². The van der Waals surface area contributed by atoms with Gasteiger partial charge in [0.1, 0.15) is 0 Å². The third kappa shape index (κ3) is 4.25. The monoisotopic (exact) mass is 433 g/mol. The third-order valence-electron chi connectivity index (χ3n) is 4.88. The number of hydrogen-bond donors (Lipinski definition) is 1. The summed E-state index contributed by atoms with van der Waals surface area (Å²) in [6, 6.07) is 13.2. The van der Waals surface area contributed by atoms with E-state index in [1.807, 2.05) is 74.2 Å². The van der Waals surface area contributed by atoms with Crippen molar-refractivity contribution in [2.45, 2.75) is 31.8 Å². The second-order valence-electron chi connectivity index (χ2n) is 7.40. The van der Waals surface area contributed by atoms with E-state index in [9.17, 15) is 4.79 Å². The molecule has 4 rings (SSSR count). The maximum atomic E-state index is 13.1. The van der Waals surface area contributed by atoms with Crippen LogP contribution in [0.15, 0.2) is 64.5 Å². The smallest absolute Gasteiger partial charge is 0.260 e. The van der Waals surface area contributed by atoms with Gasteiger partial charge >= 0.3 is 0 Å². The molecule has 0 saturated carbocycles. The molecule has 0 atom stereocenters. The number of imidazole rings is 1. The van der Waals surface area contributed by atoms with Crippen LogP contribution in [0.3, 0.4) is 0 Å². The standard InChI is InChI=1S/C23H23N5O2S/c1-14(2)20-26-22(30-27-20)18-10-5-7-15(3)19(18)25-21(29)16-8-6-9-17(13-16)28-12-11-24-23(28)31-4/h5-14H,1-4H3,(H,25,29). The summed E-state index contributed by atoms with van der Waals surface area (Å²) in [6.07, 6.45) is 5.59. The Morgan fingerprint density at radius 1 is 1.19 bits per heavy atom. The van der Waals surface area contributed by atoms with Crippen LogP contribution >= 0.6 is 11.8 Å². The van der Waals surface area contributed by atoms with E-state index in [4.69, 9.17) is 4.52 Å². The first kappa shape index (κ1) is 20.9. The maximum Gasteiger partial charge on any atom is 0.260 e. The Morgan fingerprint density at radius 2 is 2.00 bits per heavy atom. The first-order valence-electron chi connectivity index (χ1n) is 9.90. The number of anilines is 1. The zero-order valence-electron chi connectivity index (χ0n) is 17.8. The highest BCUT2D eigenvalue weighted by molar-refractivity contribution is 7.98. The average molecular weight is 434 g/mol. The molecule has 0 aliphatic heterocycles. The summed E-state index contributed by atoms with van der Waals surface area (Å²) in [6.45, 7) is 5.94. The van der Waals surface area contributed by atoms with Crippen molar-refractivity contribution >= 4 is 23.4 Å². The Hall–Kier alpha value is -3.39. The van der Waals surface area contributed by atoms with Gasteiger partial charge in [0.25, 0.3) is 11.8 Å². The normalized spacial score (nSPS) is 11.1. The van der Waals surface area contributed by atoms with E-state index in [2.05, 4.69) is 20.4 Å². The third-order valence-corrected chi connectivity index (χ3v) is 5.54. The molecule has 2 aromatic carbocycles. The molecule has 0 aliphatic rings. The summed E-state index contributed by atoms with van der Waals surface area (Å²) >= 11 is 1.55. The van der Waals surface area contributed by atoms with Gasteiger partial charge in [-0.1, -0.05) is 49.0 Å². The molecule has 31 heavy (non-hydrogen) atoms. The van der Waals surface area contributed by atoms with Crippen LogP contribution in [0.1, 0.15) is 41.5 Å². The molecule has 0 aliphatic carbocycles. The highest BCUT2D eigenvalue weighted by Gasteiger charge is 2.18. The molecule has 1 N–H and O–H groups in total. The number of nitrogens with zero attached hydrogens (tertiary/aromatic N) is 4. The number of hydrogen-bond acceptors (Lipinski definition) is 6. The van der Waals surface area contributed by atoms with E-state index in [0.29, 0.717) is 28.5 Å². The van der Waals surface area contributed by atoms with Gasteiger partial charge in [0.05, 0.1) is 11.3 Å². The number of para-hydroxylation sites is 1. The number of benzene rings is 2. The lowest BCUT2D eigenvalue weighted by Gasteiger charge is -2.13. The minimum absolute atomic E-state index is 0.150. The Morgan fingerprint density at radius 3 is 2.74 bits per heavy atom. The van der Waals surface area contributed by atoms with Gasteiger partial charge in [0.15, 0.2) is 11.0 Å². The van der Waals surface area contributed by atoms with E-state index in [-0.39, 0.29) is 11.8 Å². The van der Waals surface area contributed by atoms with E-state index < -0.39 is 0 Å². The highest BCUT2D eigenvalue weighted by atomic mass is 32.2. The average Bonchev–Trinajstić information content (AvgIpc) is 3.45. The Kier molecular flexibility index (Phi) is 5.90. The number of rotatable bonds is 6. The summed E-state index contributed by atoms with van der Waals surface area (Å²) < 4.78 is 7.41. The predicted molar refractivity (Wildman–Crippen MR) is 122 cm³/mol. The second-order valence-corrected chi connectivity index (χ2v) is 8.17. The van der Waals surface area contributed by atoms with Gasteiger partial charge in [-0.2, -0.15) is 4.98 Å². The Bertz CT molecular complexity index is 1230. The van der Waals surface area contributed by atoms with Crippen molar-refractivity contribution in [2.24, 2.45) is 0 Å². The minimum Gasteiger partial charge on any atom is -0.334 e. The van der Waals surface area contributed by atoms with Crippen LogP contribution in [0.5, 0.6) is 0 Å². The fourth-order valence-corrected chi connectivity index (χ4v) is 3.74. The van der Waals surface area contributed by atoms with Crippen molar-refractivity contribution < 1.29 is 9.32 Å². The molecular weight excluding hydrogens is 410 g/mol. The van der Waals surface area contributed by atoms with Crippen LogP contribution in [0.4, 0.5) is 5.69 Å². The molecule has 0 bridgehead atoms. The molecule has 1 amide bonds. The van der Waals surface area contributed by atoms with Crippen LogP contribution in [0, 0.1) is 6.92 Å². The summed E-state index contributed by atoms with van der Waals surface area (Å²) in [4.78, 5) is 21.9. The number of carbonyl (C=O) groups is 1. The van der Waals surface area contributed by atoms with E-state index in [1.165, 1.54) is 0 Å². The lowest BCUT2D eigenvalue weighted by Crippen LogP contribution is -2.14. The molecule has 2 heterocycles. The fraction of sp³-hybridized carbons (Fsp3) is 0.217. The zero-order chi connectivity index (χ0) is 22.0. The number of carbonyl (C=O) groups excluding carboxylic acids is 1. The molecule has 4 aromatic rings. The molecule has 0 fully saturated rings. The molecule has 0 unspecified atom stereocenters. The number of aryl methyl sites for hydroxylation is 1. The first-order valence-corrected chi connectivity index (χ1v) is 11.1. The van der Waals surface area contributed by atoms with E-state index in [1.54, 1.807) is 24.0 Å². The number of aromatic nitrogens is 4. The van der Waals surface area contributed by atoms with Crippen molar-refractivity contribution in [3.63, 3.8) is 0 Å². The lowest BCUT2D eigenvalue weighted by molar-refractivity contribution is 0.102. The molecule has 0 radical (unpaired) electrons. The summed E-state index contributed by atoms with van der Waals surface area (Å²) in [5.74, 6) is 0.954. The predicted octanol–water partition coefficient (Wildman–Crippen LogP) is 5.33. The fourth-order valence-electron chi connectivity index (χ4n) is 3.21. The van der Waals surface area contributed by atoms with Crippen LogP contribution in [-0.2, 0) is 0 Å². The quantitative estimate of drug-likeness (QED) is 0.414. The second kappa shape index (κ2) is 8.77. The van der Waals surface area contributed by atoms with Gasteiger partial charge in [-0.3, -0.25) is 9.36 Å². The summed E-state index contributed by atoms with van der Waals surface area (Å²) in [5, 5.41) is 7.94. The molecule has 158 valence electrons. The zero-order valence-corrected chi connectivity index (χ0v) is 18.6. The van der Waals surface area contributed by atoms with Crippen LogP contribution < -0.4 is 5.32 Å². The maximum absolute atomic E-state index is 13.1. The van der Waals surface area contributed by atoms with E-state index in [0.717, 1.165) is 16.4 Å². The lowest BCUT2D eigenvalue weighted by atomic mass is 10.1. The van der Waals surface area contributed by atoms with Gasteiger partial charge in [-0.05, 0) is 43.0 Å².